The quantitative estimate of drug-likeness (QED) is 0.672. The minimum Gasteiger partial charge on any atom is -0.396 e. The van der Waals surface area contributed by atoms with E-state index >= 15 is 0 Å². The van der Waals surface area contributed by atoms with E-state index in [2.05, 4.69) is 6.92 Å². The lowest BCUT2D eigenvalue weighted by Crippen LogP contribution is -2.43. The van der Waals surface area contributed by atoms with Gasteiger partial charge in [0.05, 0.1) is 0 Å². The molecule has 13 heavy (non-hydrogen) atoms. The van der Waals surface area contributed by atoms with Gasteiger partial charge in [0.2, 0.25) is 0 Å². The molecule has 0 saturated heterocycles. The van der Waals surface area contributed by atoms with E-state index < -0.39 is 0 Å². The van der Waals surface area contributed by atoms with Crippen LogP contribution in [-0.2, 0) is 4.79 Å². The predicted octanol–water partition coefficient (Wildman–Crippen LogP) is 1.91. The Morgan fingerprint density at radius 1 is 1.38 bits per heavy atom. The molecule has 2 fully saturated rings. The highest BCUT2D eigenvalue weighted by Crippen LogP contribution is 2.59. The van der Waals surface area contributed by atoms with Gasteiger partial charge in [-0.1, -0.05) is 13.3 Å². The van der Waals surface area contributed by atoms with Gasteiger partial charge >= 0.3 is 0 Å². The zero-order valence-corrected chi connectivity index (χ0v) is 8.31. The van der Waals surface area contributed by atoms with Crippen LogP contribution in [0.1, 0.15) is 45.4 Å². The van der Waals surface area contributed by atoms with Crippen LogP contribution in [-0.4, -0.2) is 17.5 Å². The largest absolute Gasteiger partial charge is 0.396 e. The standard InChI is InChI=1S/C11H18O2/c1-10-4-2-5-11(10,8-12)6-3-9(13)7-10/h12H,2-8H2,1H3. The van der Waals surface area contributed by atoms with Crippen molar-refractivity contribution >= 4 is 5.78 Å². The minimum absolute atomic E-state index is 0.0842. The molecular weight excluding hydrogens is 164 g/mol. The van der Waals surface area contributed by atoms with Gasteiger partial charge in [0, 0.05) is 19.4 Å². The highest BCUT2D eigenvalue weighted by atomic mass is 16.3. The number of aliphatic hydroxyl groups is 1. The van der Waals surface area contributed by atoms with E-state index in [0.717, 1.165) is 19.3 Å². The summed E-state index contributed by atoms with van der Waals surface area (Å²) in [5, 5.41) is 9.49. The molecule has 1 N–H and O–H groups in total. The van der Waals surface area contributed by atoms with Crippen LogP contribution in [0.4, 0.5) is 0 Å². The van der Waals surface area contributed by atoms with Crippen molar-refractivity contribution in [2.24, 2.45) is 10.8 Å². The molecule has 2 nitrogen and oxygen atoms in total. The van der Waals surface area contributed by atoms with Gasteiger partial charge in [0.25, 0.3) is 0 Å². The van der Waals surface area contributed by atoms with Crippen molar-refractivity contribution in [1.29, 1.82) is 0 Å². The van der Waals surface area contributed by atoms with E-state index in [4.69, 9.17) is 0 Å². The van der Waals surface area contributed by atoms with Gasteiger partial charge in [0.1, 0.15) is 5.78 Å². The smallest absolute Gasteiger partial charge is 0.133 e. The Morgan fingerprint density at radius 3 is 2.85 bits per heavy atom. The molecule has 2 aliphatic rings. The second-order valence-electron chi connectivity index (χ2n) is 5.07. The number of carbonyl (C=O) groups is 1. The first-order valence-electron chi connectivity index (χ1n) is 5.25. The Balaban J connectivity index is 2.29. The lowest BCUT2D eigenvalue weighted by molar-refractivity contribution is -0.130. The fraction of sp³-hybridized carbons (Fsp3) is 0.909. The summed E-state index contributed by atoms with van der Waals surface area (Å²) in [7, 11) is 0. The highest BCUT2D eigenvalue weighted by Gasteiger charge is 2.54. The zero-order valence-electron chi connectivity index (χ0n) is 8.31. The van der Waals surface area contributed by atoms with Crippen LogP contribution in [0.3, 0.4) is 0 Å². The number of Topliss-reactive ketones (excluding diaryl/α,β-unsaturated/α-hetero) is 1. The van der Waals surface area contributed by atoms with Gasteiger partial charge in [0.15, 0.2) is 0 Å². The van der Waals surface area contributed by atoms with Gasteiger partial charge in [-0.15, -0.1) is 0 Å². The van der Waals surface area contributed by atoms with Gasteiger partial charge in [-0.25, -0.2) is 0 Å². The Labute approximate surface area is 79.3 Å². The lowest BCUT2D eigenvalue weighted by Gasteiger charge is -2.46. The van der Waals surface area contributed by atoms with Gasteiger partial charge in [-0.3, -0.25) is 4.79 Å². The molecule has 0 heterocycles. The number of rotatable bonds is 1. The molecule has 74 valence electrons. The van der Waals surface area contributed by atoms with Crippen LogP contribution in [0.5, 0.6) is 0 Å². The summed E-state index contributed by atoms with van der Waals surface area (Å²) in [6.07, 6.45) is 5.74. The van der Waals surface area contributed by atoms with Crippen molar-refractivity contribution in [2.75, 3.05) is 6.61 Å². The summed E-state index contributed by atoms with van der Waals surface area (Å²) in [6.45, 7) is 2.46. The summed E-state index contributed by atoms with van der Waals surface area (Å²) in [5.74, 6) is 0.397. The topological polar surface area (TPSA) is 37.3 Å². The van der Waals surface area contributed by atoms with Gasteiger partial charge in [-0.05, 0) is 30.1 Å². The molecule has 0 bridgehead atoms. The third-order valence-electron chi connectivity index (χ3n) is 4.44. The summed E-state index contributed by atoms with van der Waals surface area (Å²) < 4.78 is 0. The third-order valence-corrected chi connectivity index (χ3v) is 4.44. The minimum atomic E-state index is 0.0842. The lowest BCUT2D eigenvalue weighted by atomic mass is 9.59. The monoisotopic (exact) mass is 182 g/mol. The predicted molar refractivity (Wildman–Crippen MR) is 50.3 cm³/mol. The molecule has 0 aliphatic heterocycles. The molecule has 2 saturated carbocycles. The van der Waals surface area contributed by atoms with E-state index in [1.807, 2.05) is 0 Å². The maximum absolute atomic E-state index is 11.4. The Bertz CT molecular complexity index is 236. The van der Waals surface area contributed by atoms with Crippen LogP contribution in [0.25, 0.3) is 0 Å². The first-order chi connectivity index (χ1) is 6.12. The highest BCUT2D eigenvalue weighted by molar-refractivity contribution is 5.80. The van der Waals surface area contributed by atoms with E-state index in [9.17, 15) is 9.90 Å². The molecule has 2 rings (SSSR count). The van der Waals surface area contributed by atoms with Crippen LogP contribution >= 0.6 is 0 Å². The number of hydrogen-bond donors (Lipinski definition) is 1. The van der Waals surface area contributed by atoms with E-state index in [1.165, 1.54) is 6.42 Å². The van der Waals surface area contributed by atoms with E-state index in [1.54, 1.807) is 0 Å². The molecule has 0 spiro atoms. The number of aliphatic hydroxyl groups excluding tert-OH is 1. The average Bonchev–Trinajstić information content (AvgIpc) is 2.41. The van der Waals surface area contributed by atoms with Gasteiger partial charge < -0.3 is 5.11 Å². The molecule has 0 radical (unpaired) electrons. The second-order valence-corrected chi connectivity index (χ2v) is 5.07. The Morgan fingerprint density at radius 2 is 2.15 bits per heavy atom. The Hall–Kier alpha value is -0.370. The molecule has 2 unspecified atom stereocenters. The number of hydrogen-bond acceptors (Lipinski definition) is 2. The molecule has 0 aromatic heterocycles. The molecule has 2 heteroatoms. The molecule has 0 aromatic rings. The summed E-state index contributed by atoms with van der Waals surface area (Å²) in [4.78, 5) is 11.4. The molecule has 2 atom stereocenters. The molecular formula is C11H18O2. The van der Waals surface area contributed by atoms with Crippen molar-refractivity contribution < 1.29 is 9.90 Å². The zero-order chi connectivity index (χ0) is 9.53. The first-order valence-corrected chi connectivity index (χ1v) is 5.25. The summed E-state index contributed by atoms with van der Waals surface area (Å²) in [6, 6.07) is 0. The Kier molecular flexibility index (Phi) is 1.99. The van der Waals surface area contributed by atoms with Crippen molar-refractivity contribution in [1.82, 2.24) is 0 Å². The molecule has 0 aromatic carbocycles. The van der Waals surface area contributed by atoms with E-state index in [-0.39, 0.29) is 17.4 Å². The SMILES string of the molecule is CC12CCCC1(CO)CCC(=O)C2. The van der Waals surface area contributed by atoms with Crippen LogP contribution in [0, 0.1) is 10.8 Å². The summed E-state index contributed by atoms with van der Waals surface area (Å²) in [5.41, 5.74) is 0.192. The summed E-state index contributed by atoms with van der Waals surface area (Å²) >= 11 is 0. The maximum Gasteiger partial charge on any atom is 0.133 e. The maximum atomic E-state index is 11.4. The van der Waals surface area contributed by atoms with Crippen LogP contribution in [0.15, 0.2) is 0 Å². The van der Waals surface area contributed by atoms with Crippen LogP contribution < -0.4 is 0 Å². The van der Waals surface area contributed by atoms with Crippen molar-refractivity contribution in [3.63, 3.8) is 0 Å². The second kappa shape index (κ2) is 2.81. The van der Waals surface area contributed by atoms with Crippen molar-refractivity contribution in [2.45, 2.75) is 45.4 Å². The fourth-order valence-electron chi connectivity index (χ4n) is 3.34. The fourth-order valence-corrected chi connectivity index (χ4v) is 3.34. The first kappa shape index (κ1) is 9.20. The van der Waals surface area contributed by atoms with Crippen molar-refractivity contribution in [3.05, 3.63) is 0 Å². The molecule has 2 aliphatic carbocycles. The third kappa shape index (κ3) is 1.15. The average molecular weight is 182 g/mol. The number of fused-ring (bicyclic) bond motifs is 1. The van der Waals surface area contributed by atoms with Crippen molar-refractivity contribution in [3.8, 4) is 0 Å². The molecule has 0 amide bonds. The van der Waals surface area contributed by atoms with Crippen LogP contribution in [0.2, 0.25) is 0 Å². The number of carbonyl (C=O) groups excluding carboxylic acids is 1. The number of ketones is 1. The normalized spacial score (nSPS) is 44.9. The van der Waals surface area contributed by atoms with Gasteiger partial charge in [-0.2, -0.15) is 0 Å². The van der Waals surface area contributed by atoms with E-state index in [0.29, 0.717) is 18.6 Å².